The van der Waals surface area contributed by atoms with E-state index >= 15 is 0 Å². The lowest BCUT2D eigenvalue weighted by Crippen LogP contribution is -2.11. The zero-order valence-corrected chi connectivity index (χ0v) is 11.8. The fourth-order valence-corrected chi connectivity index (χ4v) is 2.24. The SMILES string of the molecule is COC(=O)Cc1nc(I)cc(CCl)c1C(F)F. The molecule has 0 bridgehead atoms. The number of pyridine rings is 1. The summed E-state index contributed by atoms with van der Waals surface area (Å²) in [5, 5.41) is 0. The number of esters is 1. The Morgan fingerprint density at radius 3 is 2.76 bits per heavy atom. The van der Waals surface area contributed by atoms with Gasteiger partial charge in [-0.2, -0.15) is 0 Å². The van der Waals surface area contributed by atoms with Crippen LogP contribution in [-0.2, 0) is 21.8 Å². The van der Waals surface area contributed by atoms with Crippen LogP contribution >= 0.6 is 34.2 Å². The van der Waals surface area contributed by atoms with Gasteiger partial charge in [-0.25, -0.2) is 13.8 Å². The van der Waals surface area contributed by atoms with Crippen LogP contribution in [0, 0.1) is 3.70 Å². The average Bonchev–Trinajstić information content (AvgIpc) is 2.27. The second kappa shape index (κ2) is 6.44. The van der Waals surface area contributed by atoms with E-state index in [9.17, 15) is 13.6 Å². The molecule has 0 aliphatic heterocycles. The molecule has 17 heavy (non-hydrogen) atoms. The number of rotatable bonds is 4. The van der Waals surface area contributed by atoms with Crippen molar-refractivity contribution in [1.29, 1.82) is 0 Å². The van der Waals surface area contributed by atoms with Gasteiger partial charge in [-0.3, -0.25) is 4.79 Å². The number of methoxy groups -OCH3 is 1. The standard InChI is InChI=1S/C10H9ClF2INO2/c1-17-8(16)3-6-9(10(12)13)5(4-11)2-7(14)15-6/h2,10H,3-4H2,1H3. The number of hydrogen-bond acceptors (Lipinski definition) is 3. The van der Waals surface area contributed by atoms with Gasteiger partial charge in [0, 0.05) is 11.4 Å². The van der Waals surface area contributed by atoms with Crippen molar-refractivity contribution in [2.75, 3.05) is 7.11 Å². The minimum absolute atomic E-state index is 0.0226. The lowest BCUT2D eigenvalue weighted by atomic mass is 10.1. The van der Waals surface area contributed by atoms with Crippen LogP contribution in [0.2, 0.25) is 0 Å². The van der Waals surface area contributed by atoms with Crippen LogP contribution in [0.5, 0.6) is 0 Å². The maximum Gasteiger partial charge on any atom is 0.311 e. The first-order valence-electron chi connectivity index (χ1n) is 4.58. The average molecular weight is 376 g/mol. The van der Waals surface area contributed by atoms with Crippen LogP contribution in [0.4, 0.5) is 8.78 Å². The third kappa shape index (κ3) is 3.74. The third-order valence-electron chi connectivity index (χ3n) is 2.09. The molecule has 0 spiro atoms. The lowest BCUT2D eigenvalue weighted by molar-refractivity contribution is -0.139. The van der Waals surface area contributed by atoms with E-state index in [-0.39, 0.29) is 23.6 Å². The Morgan fingerprint density at radius 2 is 2.29 bits per heavy atom. The Kier molecular flexibility index (Phi) is 5.51. The van der Waals surface area contributed by atoms with Crippen molar-refractivity contribution in [3.05, 3.63) is 26.6 Å². The fourth-order valence-electron chi connectivity index (χ4n) is 1.35. The second-order valence-electron chi connectivity index (χ2n) is 3.15. The molecule has 0 aliphatic carbocycles. The molecule has 1 heterocycles. The topological polar surface area (TPSA) is 39.2 Å². The third-order valence-corrected chi connectivity index (χ3v) is 2.93. The first-order valence-corrected chi connectivity index (χ1v) is 6.20. The maximum atomic E-state index is 12.9. The number of ether oxygens (including phenoxy) is 1. The van der Waals surface area contributed by atoms with E-state index in [0.717, 1.165) is 0 Å². The molecule has 94 valence electrons. The van der Waals surface area contributed by atoms with Gasteiger partial charge in [0.1, 0.15) is 3.70 Å². The summed E-state index contributed by atoms with van der Waals surface area (Å²) in [4.78, 5) is 15.1. The minimum Gasteiger partial charge on any atom is -0.469 e. The molecule has 1 rings (SSSR count). The van der Waals surface area contributed by atoms with Crippen LogP contribution in [0.3, 0.4) is 0 Å². The van der Waals surface area contributed by atoms with Gasteiger partial charge in [-0.05, 0) is 34.2 Å². The van der Waals surface area contributed by atoms with Crippen LogP contribution in [-0.4, -0.2) is 18.1 Å². The first kappa shape index (κ1) is 14.6. The fraction of sp³-hybridized carbons (Fsp3) is 0.400. The van der Waals surface area contributed by atoms with Gasteiger partial charge < -0.3 is 4.74 Å². The number of nitrogens with zero attached hydrogens (tertiary/aromatic N) is 1. The smallest absolute Gasteiger partial charge is 0.311 e. The molecule has 0 aromatic carbocycles. The van der Waals surface area contributed by atoms with Crippen molar-refractivity contribution >= 4 is 40.2 Å². The Bertz CT molecular complexity index is 429. The van der Waals surface area contributed by atoms with Crippen LogP contribution in [0.1, 0.15) is 23.2 Å². The van der Waals surface area contributed by atoms with Gasteiger partial charge in [-0.1, -0.05) is 0 Å². The van der Waals surface area contributed by atoms with Crippen LogP contribution in [0.15, 0.2) is 6.07 Å². The number of alkyl halides is 3. The zero-order valence-electron chi connectivity index (χ0n) is 8.84. The highest BCUT2D eigenvalue weighted by atomic mass is 127. The highest BCUT2D eigenvalue weighted by Crippen LogP contribution is 2.28. The largest absolute Gasteiger partial charge is 0.469 e. The molecule has 1 aromatic heterocycles. The van der Waals surface area contributed by atoms with Gasteiger partial charge in [0.2, 0.25) is 0 Å². The number of halogens is 4. The van der Waals surface area contributed by atoms with E-state index in [1.165, 1.54) is 13.2 Å². The summed E-state index contributed by atoms with van der Waals surface area (Å²) in [7, 11) is 1.20. The summed E-state index contributed by atoms with van der Waals surface area (Å²) >= 11 is 7.50. The summed E-state index contributed by atoms with van der Waals surface area (Å²) in [5.74, 6) is -0.659. The molecule has 7 heteroatoms. The minimum atomic E-state index is -2.71. The van der Waals surface area contributed by atoms with Gasteiger partial charge in [0.25, 0.3) is 6.43 Å². The van der Waals surface area contributed by atoms with Crippen LogP contribution in [0.25, 0.3) is 0 Å². The predicted molar refractivity (Wildman–Crippen MR) is 67.2 cm³/mol. The molecular formula is C10H9ClF2INO2. The summed E-state index contributed by atoms with van der Waals surface area (Å²) in [6, 6.07) is 1.48. The van der Waals surface area contributed by atoms with Crippen molar-refractivity contribution in [1.82, 2.24) is 4.98 Å². The highest BCUT2D eigenvalue weighted by molar-refractivity contribution is 14.1. The molecule has 0 amide bonds. The monoisotopic (exact) mass is 375 g/mol. The van der Waals surface area contributed by atoms with Crippen molar-refractivity contribution in [3.8, 4) is 0 Å². The zero-order chi connectivity index (χ0) is 13.0. The summed E-state index contributed by atoms with van der Waals surface area (Å²) in [6.07, 6.45) is -3.00. The predicted octanol–water partition coefficient (Wildman–Crippen LogP) is 3.08. The molecular weight excluding hydrogens is 366 g/mol. The molecule has 0 aliphatic rings. The van der Waals surface area contributed by atoms with E-state index in [4.69, 9.17) is 11.6 Å². The second-order valence-corrected chi connectivity index (χ2v) is 4.52. The molecule has 0 saturated heterocycles. The van der Waals surface area contributed by atoms with Gasteiger partial charge >= 0.3 is 5.97 Å². The van der Waals surface area contributed by atoms with Crippen molar-refractivity contribution in [2.24, 2.45) is 0 Å². The Hall–Kier alpha value is -0.500. The molecule has 0 unspecified atom stereocenters. The van der Waals surface area contributed by atoms with Gasteiger partial charge in [0.15, 0.2) is 0 Å². The number of carbonyl (C=O) groups excluding carboxylic acids is 1. The molecule has 3 nitrogen and oxygen atoms in total. The lowest BCUT2D eigenvalue weighted by Gasteiger charge is -2.12. The number of carbonyl (C=O) groups is 1. The van der Waals surface area contributed by atoms with E-state index in [1.807, 2.05) is 22.6 Å². The highest BCUT2D eigenvalue weighted by Gasteiger charge is 2.21. The molecule has 0 atom stereocenters. The van der Waals surface area contributed by atoms with Gasteiger partial charge in [0.05, 0.1) is 19.2 Å². The Labute approximate surface area is 116 Å². The van der Waals surface area contributed by atoms with E-state index in [2.05, 4.69) is 9.72 Å². The molecule has 1 aromatic rings. The summed E-state index contributed by atoms with van der Waals surface area (Å²) < 4.78 is 30.8. The molecule has 0 N–H and O–H groups in total. The first-order chi connectivity index (χ1) is 7.99. The van der Waals surface area contributed by atoms with Crippen LogP contribution < -0.4 is 0 Å². The Morgan fingerprint density at radius 1 is 1.65 bits per heavy atom. The van der Waals surface area contributed by atoms with E-state index < -0.39 is 12.4 Å². The van der Waals surface area contributed by atoms with Crippen molar-refractivity contribution in [2.45, 2.75) is 18.7 Å². The van der Waals surface area contributed by atoms with Crippen molar-refractivity contribution in [3.63, 3.8) is 0 Å². The van der Waals surface area contributed by atoms with E-state index in [0.29, 0.717) is 9.26 Å². The normalized spacial score (nSPS) is 10.7. The number of aromatic nitrogens is 1. The molecule has 0 fully saturated rings. The Balaban J connectivity index is 3.25. The van der Waals surface area contributed by atoms with Gasteiger partial charge in [-0.15, -0.1) is 11.6 Å². The molecule has 0 saturated carbocycles. The maximum absolute atomic E-state index is 12.9. The summed E-state index contributed by atoms with van der Waals surface area (Å²) in [5.41, 5.74) is 0.0418. The summed E-state index contributed by atoms with van der Waals surface area (Å²) in [6.45, 7) is 0. The van der Waals surface area contributed by atoms with E-state index in [1.54, 1.807) is 0 Å². The number of hydrogen-bond donors (Lipinski definition) is 0. The quantitative estimate of drug-likeness (QED) is 0.351. The van der Waals surface area contributed by atoms with Crippen molar-refractivity contribution < 1.29 is 18.3 Å². The molecule has 0 radical (unpaired) electrons.